The Hall–Kier alpha value is -1.36. The molecule has 2 rings (SSSR count). The summed E-state index contributed by atoms with van der Waals surface area (Å²) in [6.45, 7) is 2.07. The molecule has 0 saturated heterocycles. The molecule has 0 aliphatic rings. The van der Waals surface area contributed by atoms with Gasteiger partial charge in [-0.3, -0.25) is 9.25 Å². The highest BCUT2D eigenvalue weighted by molar-refractivity contribution is 6.16. The molecule has 2 aromatic heterocycles. The van der Waals surface area contributed by atoms with Gasteiger partial charge in [0.2, 0.25) is 0 Å². The van der Waals surface area contributed by atoms with Gasteiger partial charge in [-0.1, -0.05) is 6.92 Å². The number of hydrogen-bond donors (Lipinski definition) is 0. The molecule has 0 aliphatic heterocycles. The lowest BCUT2D eigenvalue weighted by Crippen LogP contribution is -1.99. The van der Waals surface area contributed by atoms with E-state index in [1.165, 1.54) is 0 Å². The second-order valence-corrected chi connectivity index (χ2v) is 3.51. The Balaban J connectivity index is 2.52. The van der Waals surface area contributed by atoms with Crippen molar-refractivity contribution in [1.29, 1.82) is 0 Å². The first-order valence-corrected chi connectivity index (χ1v) is 5.27. The molecule has 0 aromatic carbocycles. The van der Waals surface area contributed by atoms with E-state index in [0.29, 0.717) is 5.88 Å². The Labute approximate surface area is 92.7 Å². The normalized spacial score (nSPS) is 10.9. The fourth-order valence-corrected chi connectivity index (χ4v) is 1.71. The predicted molar refractivity (Wildman–Crippen MR) is 57.1 cm³/mol. The van der Waals surface area contributed by atoms with Crippen molar-refractivity contribution in [2.75, 3.05) is 0 Å². The van der Waals surface area contributed by atoms with Gasteiger partial charge in [0.25, 0.3) is 0 Å². The largest absolute Gasteiger partial charge is 0.281 e. The van der Waals surface area contributed by atoms with Gasteiger partial charge in [0.1, 0.15) is 6.33 Å². The number of aryl methyl sites for hydroxylation is 2. The predicted octanol–water partition coefficient (Wildman–Crippen LogP) is 1.30. The van der Waals surface area contributed by atoms with Crippen LogP contribution in [0.3, 0.4) is 0 Å². The van der Waals surface area contributed by atoms with Gasteiger partial charge in [-0.15, -0.1) is 21.8 Å². The van der Waals surface area contributed by atoms with Gasteiger partial charge in [0.05, 0.1) is 17.3 Å². The van der Waals surface area contributed by atoms with Crippen molar-refractivity contribution >= 4 is 11.6 Å². The Morgan fingerprint density at radius 3 is 2.93 bits per heavy atom. The molecule has 6 heteroatoms. The maximum Gasteiger partial charge on any atom is 0.152 e. The van der Waals surface area contributed by atoms with Crippen LogP contribution in [-0.4, -0.2) is 24.5 Å². The summed E-state index contributed by atoms with van der Waals surface area (Å²) in [5, 5.41) is 12.1. The van der Waals surface area contributed by atoms with Gasteiger partial charge < -0.3 is 0 Å². The minimum absolute atomic E-state index is 0.345. The molecule has 0 bridgehead atoms. The summed E-state index contributed by atoms with van der Waals surface area (Å²) in [6.07, 6.45) is 4.47. The van der Waals surface area contributed by atoms with Crippen LogP contribution in [0.5, 0.6) is 0 Å². The van der Waals surface area contributed by atoms with E-state index in [-0.39, 0.29) is 0 Å². The van der Waals surface area contributed by atoms with Crippen LogP contribution in [-0.2, 0) is 19.3 Å². The number of aromatic nitrogens is 5. The topological polar surface area (TPSA) is 48.5 Å². The summed E-state index contributed by atoms with van der Waals surface area (Å²) in [5.41, 5.74) is 2.02. The van der Waals surface area contributed by atoms with Crippen molar-refractivity contribution < 1.29 is 0 Å². The van der Waals surface area contributed by atoms with Gasteiger partial charge in [-0.25, -0.2) is 0 Å². The zero-order valence-electron chi connectivity index (χ0n) is 8.68. The molecule has 0 spiro atoms. The molecule has 0 atom stereocenters. The van der Waals surface area contributed by atoms with Crippen LogP contribution < -0.4 is 0 Å². The maximum absolute atomic E-state index is 5.78. The van der Waals surface area contributed by atoms with Crippen molar-refractivity contribution in [3.8, 4) is 5.69 Å². The molecule has 80 valence electrons. The van der Waals surface area contributed by atoms with Gasteiger partial charge in [0, 0.05) is 13.2 Å². The van der Waals surface area contributed by atoms with Gasteiger partial charge in [-0.2, -0.15) is 5.10 Å². The standard InChI is InChI=1S/C9H12ClN5/c1-3-7-8(5-14(2)13-7)15-6-11-12-9(15)4-10/h5-6H,3-4H2,1-2H3. The zero-order valence-corrected chi connectivity index (χ0v) is 9.44. The summed E-state index contributed by atoms with van der Waals surface area (Å²) in [7, 11) is 1.90. The zero-order chi connectivity index (χ0) is 10.8. The first-order valence-electron chi connectivity index (χ1n) is 4.74. The highest BCUT2D eigenvalue weighted by Gasteiger charge is 2.11. The molecular formula is C9H12ClN5. The van der Waals surface area contributed by atoms with E-state index in [9.17, 15) is 0 Å². The Morgan fingerprint density at radius 2 is 2.27 bits per heavy atom. The van der Waals surface area contributed by atoms with Crippen LogP contribution in [0.4, 0.5) is 0 Å². The Kier molecular flexibility index (Phi) is 2.73. The van der Waals surface area contributed by atoms with Crippen molar-refractivity contribution in [2.24, 2.45) is 7.05 Å². The second kappa shape index (κ2) is 4.02. The third kappa shape index (κ3) is 1.74. The van der Waals surface area contributed by atoms with Crippen LogP contribution >= 0.6 is 11.6 Å². The SMILES string of the molecule is CCc1nn(C)cc1-n1cnnc1CCl. The molecule has 0 radical (unpaired) electrons. The molecular weight excluding hydrogens is 214 g/mol. The van der Waals surface area contributed by atoms with E-state index in [1.54, 1.807) is 11.0 Å². The minimum atomic E-state index is 0.345. The fourth-order valence-electron chi connectivity index (χ4n) is 1.53. The summed E-state index contributed by atoms with van der Waals surface area (Å²) in [4.78, 5) is 0. The molecule has 0 fully saturated rings. The number of halogens is 1. The summed E-state index contributed by atoms with van der Waals surface area (Å²) < 4.78 is 3.66. The van der Waals surface area contributed by atoms with Gasteiger partial charge >= 0.3 is 0 Å². The maximum atomic E-state index is 5.78. The lowest BCUT2D eigenvalue weighted by Gasteiger charge is -2.02. The van der Waals surface area contributed by atoms with Crippen LogP contribution in [0.25, 0.3) is 5.69 Å². The van der Waals surface area contributed by atoms with Gasteiger partial charge in [0.15, 0.2) is 5.82 Å². The third-order valence-corrected chi connectivity index (χ3v) is 2.45. The molecule has 15 heavy (non-hydrogen) atoms. The fraction of sp³-hybridized carbons (Fsp3) is 0.444. The van der Waals surface area contributed by atoms with E-state index in [2.05, 4.69) is 22.2 Å². The number of alkyl halides is 1. The van der Waals surface area contributed by atoms with Crippen molar-refractivity contribution in [3.05, 3.63) is 24.0 Å². The molecule has 0 aliphatic carbocycles. The highest BCUT2D eigenvalue weighted by atomic mass is 35.5. The number of hydrogen-bond acceptors (Lipinski definition) is 3. The number of nitrogens with zero attached hydrogens (tertiary/aromatic N) is 5. The van der Waals surface area contributed by atoms with Crippen LogP contribution in [0.1, 0.15) is 18.4 Å². The van der Waals surface area contributed by atoms with Crippen molar-refractivity contribution in [1.82, 2.24) is 24.5 Å². The lowest BCUT2D eigenvalue weighted by molar-refractivity contribution is 0.746. The van der Waals surface area contributed by atoms with E-state index in [0.717, 1.165) is 23.6 Å². The molecule has 2 aromatic rings. The average Bonchev–Trinajstić information content (AvgIpc) is 2.82. The third-order valence-electron chi connectivity index (χ3n) is 2.22. The Morgan fingerprint density at radius 1 is 1.47 bits per heavy atom. The van der Waals surface area contributed by atoms with Gasteiger partial charge in [-0.05, 0) is 6.42 Å². The quantitative estimate of drug-likeness (QED) is 0.740. The highest BCUT2D eigenvalue weighted by Crippen LogP contribution is 2.15. The lowest BCUT2D eigenvalue weighted by atomic mass is 10.3. The van der Waals surface area contributed by atoms with Crippen LogP contribution in [0.15, 0.2) is 12.5 Å². The first kappa shape index (κ1) is 10.2. The van der Waals surface area contributed by atoms with Crippen molar-refractivity contribution in [2.45, 2.75) is 19.2 Å². The monoisotopic (exact) mass is 225 g/mol. The van der Waals surface area contributed by atoms with Crippen LogP contribution in [0, 0.1) is 0 Å². The van der Waals surface area contributed by atoms with E-state index in [4.69, 9.17) is 11.6 Å². The first-order chi connectivity index (χ1) is 7.26. The molecule has 0 amide bonds. The smallest absolute Gasteiger partial charge is 0.152 e. The molecule has 0 unspecified atom stereocenters. The molecule has 2 heterocycles. The van der Waals surface area contributed by atoms with Crippen molar-refractivity contribution in [3.63, 3.8) is 0 Å². The average molecular weight is 226 g/mol. The van der Waals surface area contributed by atoms with Crippen LogP contribution in [0.2, 0.25) is 0 Å². The number of rotatable bonds is 3. The molecule has 5 nitrogen and oxygen atoms in total. The molecule has 0 saturated carbocycles. The van der Waals surface area contributed by atoms with E-state index in [1.807, 2.05) is 17.8 Å². The summed E-state index contributed by atoms with van der Waals surface area (Å²) >= 11 is 5.78. The summed E-state index contributed by atoms with van der Waals surface area (Å²) in [6, 6.07) is 0. The Bertz CT molecular complexity index is 459. The summed E-state index contributed by atoms with van der Waals surface area (Å²) in [5.74, 6) is 1.08. The minimum Gasteiger partial charge on any atom is -0.281 e. The van der Waals surface area contributed by atoms with E-state index >= 15 is 0 Å². The van der Waals surface area contributed by atoms with E-state index < -0.39 is 0 Å². The second-order valence-electron chi connectivity index (χ2n) is 3.24. The molecule has 0 N–H and O–H groups in total.